The summed E-state index contributed by atoms with van der Waals surface area (Å²) in [5.41, 5.74) is 4.26. The van der Waals surface area contributed by atoms with Crippen LogP contribution in [-0.4, -0.2) is 25.9 Å². The average molecular weight is 345 g/mol. The van der Waals surface area contributed by atoms with E-state index in [1.165, 1.54) is 11.4 Å². The molecule has 0 unspecified atom stereocenters. The fraction of sp³-hybridized carbons (Fsp3) is 0.235. The Morgan fingerprint density at radius 2 is 1.81 bits per heavy atom. The molecule has 0 fully saturated rings. The molecule has 0 spiro atoms. The topological polar surface area (TPSA) is 23.6 Å². The number of anilines is 3. The van der Waals surface area contributed by atoms with Crippen LogP contribution in [0.2, 0.25) is 0 Å². The van der Waals surface area contributed by atoms with Gasteiger partial charge in [-0.05, 0) is 53.2 Å². The monoisotopic (exact) mass is 344 g/mol. The fourth-order valence-electron chi connectivity index (χ4n) is 2.73. The van der Waals surface area contributed by atoms with Crippen molar-refractivity contribution in [3.63, 3.8) is 0 Å². The summed E-state index contributed by atoms with van der Waals surface area (Å²) in [5.74, 6) is 0.0761. The summed E-state index contributed by atoms with van der Waals surface area (Å²) < 4.78 is 0.851. The summed E-state index contributed by atoms with van der Waals surface area (Å²) in [4.78, 5) is 16.1. The average Bonchev–Trinajstić information content (AvgIpc) is 2.47. The second-order valence-corrected chi connectivity index (χ2v) is 6.14. The van der Waals surface area contributed by atoms with E-state index < -0.39 is 0 Å². The van der Waals surface area contributed by atoms with Gasteiger partial charge in [0.2, 0.25) is 0 Å². The van der Waals surface area contributed by atoms with E-state index >= 15 is 0 Å². The van der Waals surface area contributed by atoms with Crippen molar-refractivity contribution in [3.8, 4) is 0 Å². The molecule has 1 aliphatic rings. The maximum Gasteiger partial charge on any atom is 0.160 e. The lowest BCUT2D eigenvalue weighted by atomic mass is 10.1. The molecule has 0 saturated heterocycles. The number of carbonyl (C=O) groups excluding carboxylic acids is 1. The Labute approximate surface area is 133 Å². The third-order valence-corrected chi connectivity index (χ3v) is 4.54. The van der Waals surface area contributed by atoms with E-state index in [-0.39, 0.29) is 5.78 Å². The number of benzene rings is 2. The smallest absolute Gasteiger partial charge is 0.160 e. The number of para-hydroxylation sites is 2. The zero-order valence-electron chi connectivity index (χ0n) is 12.1. The molecule has 0 radical (unpaired) electrons. The molecule has 3 rings (SSSR count). The van der Waals surface area contributed by atoms with Crippen LogP contribution in [0.25, 0.3) is 0 Å². The first-order valence-electron chi connectivity index (χ1n) is 6.96. The molecule has 0 atom stereocenters. The van der Waals surface area contributed by atoms with Gasteiger partial charge in [0.25, 0.3) is 0 Å². The first kappa shape index (κ1) is 14.1. The number of hydrogen-bond donors (Lipinski definition) is 0. The van der Waals surface area contributed by atoms with E-state index in [2.05, 4.69) is 57.0 Å². The van der Waals surface area contributed by atoms with Crippen LogP contribution in [-0.2, 0) is 0 Å². The third-order valence-electron chi connectivity index (χ3n) is 3.89. The number of rotatable bonds is 2. The summed E-state index contributed by atoms with van der Waals surface area (Å²) in [7, 11) is 2.12. The van der Waals surface area contributed by atoms with E-state index in [4.69, 9.17) is 0 Å². The molecule has 3 nitrogen and oxygen atoms in total. The summed E-state index contributed by atoms with van der Waals surface area (Å²) >= 11 is 3.51. The molecule has 4 heteroatoms. The number of ketones is 1. The number of carbonyl (C=O) groups is 1. The molecule has 2 aromatic carbocycles. The fourth-order valence-corrected chi connectivity index (χ4v) is 3.38. The molecule has 2 aromatic rings. The Morgan fingerprint density at radius 1 is 1.10 bits per heavy atom. The van der Waals surface area contributed by atoms with Crippen LogP contribution in [0.3, 0.4) is 0 Å². The Morgan fingerprint density at radius 3 is 2.48 bits per heavy atom. The molecule has 0 saturated carbocycles. The van der Waals surface area contributed by atoms with Crippen LogP contribution in [0, 0.1) is 0 Å². The highest BCUT2D eigenvalue weighted by atomic mass is 79.9. The lowest BCUT2D eigenvalue weighted by molar-refractivity contribution is 0.101. The zero-order chi connectivity index (χ0) is 15.0. The minimum absolute atomic E-state index is 0.0761. The van der Waals surface area contributed by atoms with Gasteiger partial charge in [0.05, 0.1) is 11.4 Å². The van der Waals surface area contributed by atoms with Crippen LogP contribution in [0.1, 0.15) is 17.3 Å². The second kappa shape index (κ2) is 5.53. The molecule has 1 aliphatic heterocycles. The number of fused-ring (bicyclic) bond motifs is 1. The van der Waals surface area contributed by atoms with Gasteiger partial charge in [0.15, 0.2) is 5.78 Å². The van der Waals surface area contributed by atoms with Gasteiger partial charge in [0.1, 0.15) is 0 Å². The van der Waals surface area contributed by atoms with Gasteiger partial charge in [-0.1, -0.05) is 12.1 Å². The van der Waals surface area contributed by atoms with Crippen molar-refractivity contribution in [3.05, 3.63) is 52.5 Å². The van der Waals surface area contributed by atoms with Crippen molar-refractivity contribution in [2.45, 2.75) is 6.92 Å². The first-order chi connectivity index (χ1) is 10.1. The predicted octanol–water partition coefficient (Wildman–Crippen LogP) is 4.24. The molecular formula is C17H17BrN2O. The van der Waals surface area contributed by atoms with Crippen molar-refractivity contribution in [1.29, 1.82) is 0 Å². The maximum absolute atomic E-state index is 11.5. The van der Waals surface area contributed by atoms with E-state index in [1.807, 2.05) is 18.2 Å². The van der Waals surface area contributed by atoms with E-state index in [0.29, 0.717) is 0 Å². The molecule has 0 N–H and O–H groups in total. The number of hydrogen-bond acceptors (Lipinski definition) is 3. The molecule has 0 aliphatic carbocycles. The highest BCUT2D eigenvalue weighted by Crippen LogP contribution is 2.37. The number of likely N-dealkylation sites (N-methyl/N-ethyl adjacent to an activating group) is 1. The predicted molar refractivity (Wildman–Crippen MR) is 90.9 cm³/mol. The molecule has 21 heavy (non-hydrogen) atoms. The Hall–Kier alpha value is -1.81. The Balaban J connectivity index is 2.04. The van der Waals surface area contributed by atoms with Crippen molar-refractivity contribution in [2.75, 3.05) is 29.9 Å². The summed E-state index contributed by atoms with van der Waals surface area (Å²) in [6, 6.07) is 14.3. The van der Waals surface area contributed by atoms with Gasteiger partial charge in [-0.2, -0.15) is 0 Å². The van der Waals surface area contributed by atoms with Crippen molar-refractivity contribution in [2.24, 2.45) is 0 Å². The standard InChI is InChI=1S/C17H17BrN2O/c1-12(21)14-8-7-13(11-15(14)18)20-10-9-19(2)16-5-3-4-6-17(16)20/h3-8,11H,9-10H2,1-2H3. The van der Waals surface area contributed by atoms with Crippen molar-refractivity contribution < 1.29 is 4.79 Å². The van der Waals surface area contributed by atoms with Crippen LogP contribution in [0.15, 0.2) is 46.9 Å². The van der Waals surface area contributed by atoms with E-state index in [0.717, 1.165) is 28.8 Å². The van der Waals surface area contributed by atoms with Gasteiger partial charge in [-0.15, -0.1) is 0 Å². The number of halogens is 1. The molecular weight excluding hydrogens is 328 g/mol. The first-order valence-corrected chi connectivity index (χ1v) is 7.75. The Bertz CT molecular complexity index is 699. The SMILES string of the molecule is CC(=O)c1ccc(N2CCN(C)c3ccccc32)cc1Br. The molecule has 0 bridgehead atoms. The van der Waals surface area contributed by atoms with Gasteiger partial charge >= 0.3 is 0 Å². The third kappa shape index (κ3) is 2.56. The summed E-state index contributed by atoms with van der Waals surface area (Å²) in [6.45, 7) is 3.49. The largest absolute Gasteiger partial charge is 0.371 e. The highest BCUT2D eigenvalue weighted by molar-refractivity contribution is 9.10. The minimum atomic E-state index is 0.0761. The van der Waals surface area contributed by atoms with Crippen LogP contribution in [0.4, 0.5) is 17.1 Å². The molecule has 108 valence electrons. The van der Waals surface area contributed by atoms with Crippen LogP contribution >= 0.6 is 15.9 Å². The van der Waals surface area contributed by atoms with Crippen LogP contribution < -0.4 is 9.80 Å². The molecule has 0 amide bonds. The highest BCUT2D eigenvalue weighted by Gasteiger charge is 2.21. The number of nitrogens with zero attached hydrogens (tertiary/aromatic N) is 2. The summed E-state index contributed by atoms with van der Waals surface area (Å²) in [5, 5.41) is 0. The van der Waals surface area contributed by atoms with Crippen LogP contribution in [0.5, 0.6) is 0 Å². The van der Waals surface area contributed by atoms with Crippen molar-refractivity contribution >= 4 is 38.8 Å². The van der Waals surface area contributed by atoms with E-state index in [1.54, 1.807) is 6.92 Å². The quantitative estimate of drug-likeness (QED) is 0.761. The van der Waals surface area contributed by atoms with E-state index in [9.17, 15) is 4.79 Å². The molecule has 0 aromatic heterocycles. The van der Waals surface area contributed by atoms with Gasteiger partial charge in [-0.25, -0.2) is 0 Å². The zero-order valence-corrected chi connectivity index (χ0v) is 13.7. The lowest BCUT2D eigenvalue weighted by Crippen LogP contribution is -2.36. The summed E-state index contributed by atoms with van der Waals surface area (Å²) in [6.07, 6.45) is 0. The second-order valence-electron chi connectivity index (χ2n) is 5.28. The molecule has 1 heterocycles. The van der Waals surface area contributed by atoms with Gasteiger partial charge in [-0.3, -0.25) is 4.79 Å². The van der Waals surface area contributed by atoms with Gasteiger partial charge < -0.3 is 9.80 Å². The number of Topliss-reactive ketones (excluding diaryl/α,β-unsaturated/α-hetero) is 1. The minimum Gasteiger partial charge on any atom is -0.371 e. The Kier molecular flexibility index (Phi) is 3.72. The van der Waals surface area contributed by atoms with Crippen molar-refractivity contribution in [1.82, 2.24) is 0 Å². The van der Waals surface area contributed by atoms with Gasteiger partial charge in [0, 0.05) is 35.9 Å². The maximum atomic E-state index is 11.5. The lowest BCUT2D eigenvalue weighted by Gasteiger charge is -2.37. The normalized spacial score (nSPS) is 14.0.